The van der Waals surface area contributed by atoms with Crippen molar-refractivity contribution in [3.8, 4) is 0 Å². The van der Waals surface area contributed by atoms with Crippen LogP contribution >= 0.6 is 0 Å². The molecule has 1 aromatic rings. The maximum Gasteiger partial charge on any atom is 0.394 e. The van der Waals surface area contributed by atoms with Crippen LogP contribution in [0.1, 0.15) is 12.1 Å². The molecule has 0 atom stereocenters. The predicted molar refractivity (Wildman–Crippen MR) is 52.5 cm³/mol. The number of alkyl halides is 3. The van der Waals surface area contributed by atoms with Crippen LogP contribution in [0.5, 0.6) is 0 Å². The van der Waals surface area contributed by atoms with Crippen molar-refractivity contribution in [1.29, 1.82) is 0 Å². The number of nitrogens with zero attached hydrogens (tertiary/aromatic N) is 2. The SMILES string of the molecule is O=C(O)CCNc1cc(CC(F)(F)F)ncn1. The maximum absolute atomic E-state index is 12.1. The summed E-state index contributed by atoms with van der Waals surface area (Å²) in [6.45, 7) is 0.0950. The highest BCUT2D eigenvalue weighted by molar-refractivity contribution is 5.67. The topological polar surface area (TPSA) is 75.1 Å². The van der Waals surface area contributed by atoms with E-state index in [4.69, 9.17) is 5.11 Å². The van der Waals surface area contributed by atoms with Crippen LogP contribution in [0.25, 0.3) is 0 Å². The molecule has 0 saturated carbocycles. The van der Waals surface area contributed by atoms with Crippen molar-refractivity contribution in [1.82, 2.24) is 9.97 Å². The van der Waals surface area contributed by atoms with Crippen LogP contribution in [-0.2, 0) is 11.2 Å². The number of anilines is 1. The molecule has 0 fully saturated rings. The number of aliphatic carboxylic acids is 1. The standard InChI is InChI=1S/C9H10F3N3O2/c10-9(11,12)4-6-3-7(15-5-14-6)13-2-1-8(16)17/h3,5H,1-2,4H2,(H,16,17)(H,13,14,15). The summed E-state index contributed by atoms with van der Waals surface area (Å²) in [5.41, 5.74) is -0.162. The van der Waals surface area contributed by atoms with Crippen LogP contribution in [-0.4, -0.2) is 33.8 Å². The van der Waals surface area contributed by atoms with E-state index >= 15 is 0 Å². The first kappa shape index (κ1) is 13.2. The summed E-state index contributed by atoms with van der Waals surface area (Å²) in [4.78, 5) is 17.4. The average molecular weight is 249 g/mol. The number of nitrogens with one attached hydrogen (secondary N) is 1. The Morgan fingerprint density at radius 1 is 1.41 bits per heavy atom. The number of aromatic nitrogens is 2. The summed E-state index contributed by atoms with van der Waals surface area (Å²) in [6, 6.07) is 1.15. The zero-order valence-corrected chi connectivity index (χ0v) is 8.66. The summed E-state index contributed by atoms with van der Waals surface area (Å²) >= 11 is 0. The summed E-state index contributed by atoms with van der Waals surface area (Å²) in [5.74, 6) is -0.817. The molecule has 2 N–H and O–H groups in total. The van der Waals surface area contributed by atoms with E-state index in [-0.39, 0.29) is 24.5 Å². The van der Waals surface area contributed by atoms with E-state index in [0.717, 1.165) is 12.4 Å². The Hall–Kier alpha value is -1.86. The van der Waals surface area contributed by atoms with Crippen LogP contribution in [0.4, 0.5) is 19.0 Å². The van der Waals surface area contributed by atoms with Crippen molar-refractivity contribution in [2.45, 2.75) is 19.0 Å². The number of hydrogen-bond donors (Lipinski definition) is 2. The Bertz CT molecular complexity index is 395. The van der Waals surface area contributed by atoms with Gasteiger partial charge in [-0.2, -0.15) is 13.2 Å². The lowest BCUT2D eigenvalue weighted by molar-refractivity contribution is -0.136. The molecule has 0 aromatic carbocycles. The van der Waals surface area contributed by atoms with Crippen LogP contribution in [0.15, 0.2) is 12.4 Å². The Morgan fingerprint density at radius 3 is 2.71 bits per heavy atom. The fourth-order valence-electron chi connectivity index (χ4n) is 1.09. The first-order valence-corrected chi connectivity index (χ1v) is 4.70. The molecule has 0 amide bonds. The minimum absolute atomic E-state index is 0.0950. The van der Waals surface area contributed by atoms with Crippen molar-refractivity contribution >= 4 is 11.8 Å². The van der Waals surface area contributed by atoms with Crippen LogP contribution in [0, 0.1) is 0 Å². The van der Waals surface area contributed by atoms with Crippen molar-refractivity contribution in [2.75, 3.05) is 11.9 Å². The van der Waals surface area contributed by atoms with Gasteiger partial charge in [-0.05, 0) is 0 Å². The number of carboxylic acids is 1. The normalized spacial score (nSPS) is 11.2. The monoisotopic (exact) mass is 249 g/mol. The molecule has 0 aliphatic heterocycles. The number of carbonyl (C=O) groups is 1. The number of carboxylic acid groups (broad SMARTS) is 1. The number of halogens is 3. The van der Waals surface area contributed by atoms with Gasteiger partial charge in [0.05, 0.1) is 18.5 Å². The lowest BCUT2D eigenvalue weighted by atomic mass is 10.3. The molecule has 1 rings (SSSR count). The minimum atomic E-state index is -4.33. The van der Waals surface area contributed by atoms with Gasteiger partial charge in [-0.1, -0.05) is 0 Å². The smallest absolute Gasteiger partial charge is 0.394 e. The Kier molecular flexibility index (Phi) is 4.24. The van der Waals surface area contributed by atoms with E-state index in [2.05, 4.69) is 15.3 Å². The van der Waals surface area contributed by atoms with Crippen molar-refractivity contribution in [2.24, 2.45) is 0 Å². The maximum atomic E-state index is 12.1. The fraction of sp³-hybridized carbons (Fsp3) is 0.444. The van der Waals surface area contributed by atoms with Gasteiger partial charge in [0, 0.05) is 12.6 Å². The molecule has 1 aromatic heterocycles. The third-order valence-electron chi connectivity index (χ3n) is 1.75. The fourth-order valence-corrected chi connectivity index (χ4v) is 1.09. The first-order chi connectivity index (χ1) is 7.87. The largest absolute Gasteiger partial charge is 0.481 e. The zero-order valence-electron chi connectivity index (χ0n) is 8.66. The van der Waals surface area contributed by atoms with Crippen LogP contribution < -0.4 is 5.32 Å². The average Bonchev–Trinajstić information content (AvgIpc) is 2.14. The molecule has 0 unspecified atom stereocenters. The molecule has 17 heavy (non-hydrogen) atoms. The van der Waals surface area contributed by atoms with Gasteiger partial charge in [-0.15, -0.1) is 0 Å². The van der Waals surface area contributed by atoms with Gasteiger partial charge >= 0.3 is 12.1 Å². The highest BCUT2D eigenvalue weighted by Crippen LogP contribution is 2.20. The quantitative estimate of drug-likeness (QED) is 0.826. The van der Waals surface area contributed by atoms with Gasteiger partial charge in [0.2, 0.25) is 0 Å². The molecular weight excluding hydrogens is 239 g/mol. The van der Waals surface area contributed by atoms with Crippen LogP contribution in [0.3, 0.4) is 0 Å². The second kappa shape index (κ2) is 5.46. The molecular formula is C9H10F3N3O2. The molecule has 0 aliphatic carbocycles. The van der Waals surface area contributed by atoms with E-state index in [9.17, 15) is 18.0 Å². The van der Waals surface area contributed by atoms with Crippen molar-refractivity contribution < 1.29 is 23.1 Å². The van der Waals surface area contributed by atoms with E-state index < -0.39 is 18.6 Å². The van der Waals surface area contributed by atoms with Crippen LogP contribution in [0.2, 0.25) is 0 Å². The molecule has 5 nitrogen and oxygen atoms in total. The molecule has 0 saturated heterocycles. The van der Waals surface area contributed by atoms with Gasteiger partial charge < -0.3 is 10.4 Å². The van der Waals surface area contributed by atoms with E-state index in [1.165, 1.54) is 0 Å². The zero-order chi connectivity index (χ0) is 12.9. The Labute approximate surface area is 94.7 Å². The molecule has 0 aliphatic rings. The van der Waals surface area contributed by atoms with Crippen molar-refractivity contribution in [3.05, 3.63) is 18.1 Å². The third kappa shape index (κ3) is 5.69. The molecule has 0 radical (unpaired) electrons. The summed E-state index contributed by atoms with van der Waals surface area (Å²) in [7, 11) is 0. The molecule has 94 valence electrons. The molecule has 0 bridgehead atoms. The lowest BCUT2D eigenvalue weighted by Gasteiger charge is -2.07. The Morgan fingerprint density at radius 2 is 2.12 bits per heavy atom. The second-order valence-corrected chi connectivity index (χ2v) is 3.26. The third-order valence-corrected chi connectivity index (χ3v) is 1.75. The number of rotatable bonds is 5. The van der Waals surface area contributed by atoms with Gasteiger partial charge in [0.25, 0.3) is 0 Å². The van der Waals surface area contributed by atoms with E-state index in [1.807, 2.05) is 0 Å². The summed E-state index contributed by atoms with van der Waals surface area (Å²) in [5, 5.41) is 11.0. The predicted octanol–water partition coefficient (Wildman–Crippen LogP) is 1.47. The molecule has 8 heteroatoms. The van der Waals surface area contributed by atoms with E-state index in [0.29, 0.717) is 0 Å². The van der Waals surface area contributed by atoms with Gasteiger partial charge in [0.1, 0.15) is 12.1 Å². The second-order valence-electron chi connectivity index (χ2n) is 3.26. The first-order valence-electron chi connectivity index (χ1n) is 4.70. The molecule has 0 spiro atoms. The summed E-state index contributed by atoms with van der Waals surface area (Å²) in [6.07, 6.45) is -4.60. The highest BCUT2D eigenvalue weighted by Gasteiger charge is 2.28. The van der Waals surface area contributed by atoms with E-state index in [1.54, 1.807) is 0 Å². The summed E-state index contributed by atoms with van der Waals surface area (Å²) < 4.78 is 36.2. The Balaban J connectivity index is 2.57. The van der Waals surface area contributed by atoms with Gasteiger partial charge in [0.15, 0.2) is 0 Å². The minimum Gasteiger partial charge on any atom is -0.481 e. The van der Waals surface area contributed by atoms with Gasteiger partial charge in [-0.3, -0.25) is 4.79 Å². The highest BCUT2D eigenvalue weighted by atomic mass is 19.4. The number of hydrogen-bond acceptors (Lipinski definition) is 4. The molecule has 1 heterocycles. The van der Waals surface area contributed by atoms with Gasteiger partial charge in [-0.25, -0.2) is 9.97 Å². The van der Waals surface area contributed by atoms with Crippen molar-refractivity contribution in [3.63, 3.8) is 0 Å². The lowest BCUT2D eigenvalue weighted by Crippen LogP contribution is -2.14.